The highest BCUT2D eigenvalue weighted by Crippen LogP contribution is 2.67. The Hall–Kier alpha value is -3.54. The maximum absolute atomic E-state index is 13.0. The molecule has 1 aromatic heterocycles. The summed E-state index contributed by atoms with van der Waals surface area (Å²) in [6, 6.07) is 13.6. The van der Waals surface area contributed by atoms with Crippen LogP contribution in [0.2, 0.25) is 0 Å². The van der Waals surface area contributed by atoms with E-state index in [9.17, 15) is 14.7 Å². The van der Waals surface area contributed by atoms with Gasteiger partial charge in [-0.25, -0.2) is 4.79 Å². The second-order valence-corrected chi connectivity index (χ2v) is 17.1. The summed E-state index contributed by atoms with van der Waals surface area (Å²) in [5, 5.41) is 10.7. The van der Waals surface area contributed by atoms with E-state index in [2.05, 4.69) is 40.7 Å². The number of hydrogen-bond acceptors (Lipinski definition) is 6. The van der Waals surface area contributed by atoms with Gasteiger partial charge in [0.25, 0.3) is 0 Å². The molecule has 1 heterocycles. The minimum absolute atomic E-state index is 0.0786. The molecule has 3 aromatic rings. The first-order valence-electron chi connectivity index (χ1n) is 19.3. The number of aromatic hydroxyl groups is 1. The van der Waals surface area contributed by atoms with Crippen molar-refractivity contribution < 1.29 is 23.8 Å². The van der Waals surface area contributed by atoms with Crippen LogP contribution >= 0.6 is 0 Å². The van der Waals surface area contributed by atoms with E-state index >= 15 is 0 Å². The van der Waals surface area contributed by atoms with Gasteiger partial charge in [-0.05, 0) is 91.3 Å². The van der Waals surface area contributed by atoms with Gasteiger partial charge in [-0.2, -0.15) is 0 Å². The number of hydrogen-bond donors (Lipinski definition) is 1. The van der Waals surface area contributed by atoms with Gasteiger partial charge in [-0.1, -0.05) is 95.9 Å². The van der Waals surface area contributed by atoms with E-state index in [1.54, 1.807) is 6.07 Å². The van der Waals surface area contributed by atoms with Crippen LogP contribution in [0.15, 0.2) is 69.4 Å². The maximum atomic E-state index is 13.0. The Labute approximate surface area is 297 Å². The molecule has 4 aliphatic carbocycles. The van der Waals surface area contributed by atoms with Crippen molar-refractivity contribution >= 4 is 16.9 Å². The monoisotopic (exact) mass is 680 g/mol. The molecular formula is C44H56O6. The number of ether oxygens (including phenoxy) is 2. The Balaban J connectivity index is 0.970. The summed E-state index contributed by atoms with van der Waals surface area (Å²) in [5.74, 6) is 4.75. The molecule has 3 saturated carbocycles. The van der Waals surface area contributed by atoms with Crippen molar-refractivity contribution in [2.75, 3.05) is 6.61 Å². The molecule has 0 radical (unpaired) electrons. The van der Waals surface area contributed by atoms with E-state index in [1.165, 1.54) is 69.1 Å². The van der Waals surface area contributed by atoms with Crippen LogP contribution in [0.5, 0.6) is 11.5 Å². The number of carbonyl (C=O) groups excluding carboxylic acids is 1. The minimum Gasteiger partial charge on any atom is -0.507 e. The lowest BCUT2D eigenvalue weighted by molar-refractivity contribution is -0.153. The molecule has 7 rings (SSSR count). The Bertz CT molecular complexity index is 1790. The maximum Gasteiger partial charge on any atom is 0.344 e. The fraction of sp³-hybridized carbons (Fsp3) is 0.591. The van der Waals surface area contributed by atoms with Gasteiger partial charge in [0, 0.05) is 30.2 Å². The summed E-state index contributed by atoms with van der Waals surface area (Å²) < 4.78 is 17.7. The first-order valence-corrected chi connectivity index (χ1v) is 19.3. The van der Waals surface area contributed by atoms with Crippen LogP contribution in [0.3, 0.4) is 0 Å². The fourth-order valence-electron chi connectivity index (χ4n) is 11.2. The van der Waals surface area contributed by atoms with Crippen LogP contribution in [0.1, 0.15) is 105 Å². The highest BCUT2D eigenvalue weighted by atomic mass is 16.6. The van der Waals surface area contributed by atoms with E-state index in [-0.39, 0.29) is 46.0 Å². The summed E-state index contributed by atoms with van der Waals surface area (Å²) in [6.45, 7) is 12.1. The number of benzene rings is 2. The lowest BCUT2D eigenvalue weighted by atomic mass is 9.47. The molecule has 6 heteroatoms. The Kier molecular flexibility index (Phi) is 9.69. The molecule has 0 saturated heterocycles. The van der Waals surface area contributed by atoms with Crippen molar-refractivity contribution in [3.05, 3.63) is 70.4 Å². The topological polar surface area (TPSA) is 86.0 Å². The molecule has 2 aromatic carbocycles. The quantitative estimate of drug-likeness (QED) is 0.169. The Morgan fingerprint density at radius 3 is 2.56 bits per heavy atom. The zero-order chi connectivity index (χ0) is 35.2. The van der Waals surface area contributed by atoms with Crippen LogP contribution in [-0.2, 0) is 9.53 Å². The normalized spacial score (nSPS) is 31.0. The molecule has 1 N–H and O–H groups in total. The summed E-state index contributed by atoms with van der Waals surface area (Å²) in [7, 11) is 0. The molecule has 4 aliphatic rings. The van der Waals surface area contributed by atoms with E-state index in [4.69, 9.17) is 13.9 Å². The lowest BCUT2D eigenvalue weighted by Gasteiger charge is -2.58. The average Bonchev–Trinajstić information content (AvgIpc) is 3.44. The Morgan fingerprint density at radius 2 is 1.78 bits per heavy atom. The molecule has 6 nitrogen and oxygen atoms in total. The molecule has 0 spiro atoms. The third-order valence-electron chi connectivity index (χ3n) is 13.8. The summed E-state index contributed by atoms with van der Waals surface area (Å²) in [5.41, 5.74) is 2.76. The number of carbonyl (C=O) groups is 1. The smallest absolute Gasteiger partial charge is 0.344 e. The van der Waals surface area contributed by atoms with Gasteiger partial charge in [-0.15, -0.1) is 0 Å². The van der Waals surface area contributed by atoms with Crippen molar-refractivity contribution in [2.24, 2.45) is 46.3 Å². The van der Waals surface area contributed by atoms with Crippen molar-refractivity contribution in [2.45, 2.75) is 111 Å². The van der Waals surface area contributed by atoms with Crippen molar-refractivity contribution in [1.82, 2.24) is 0 Å². The molecule has 50 heavy (non-hydrogen) atoms. The van der Waals surface area contributed by atoms with Crippen molar-refractivity contribution in [1.29, 1.82) is 0 Å². The van der Waals surface area contributed by atoms with Gasteiger partial charge in [0.05, 0.1) is 0 Å². The van der Waals surface area contributed by atoms with Gasteiger partial charge in [0.15, 0.2) is 12.0 Å². The molecule has 268 valence electrons. The van der Waals surface area contributed by atoms with E-state index in [1.807, 2.05) is 30.3 Å². The third kappa shape index (κ3) is 6.52. The number of rotatable bonds is 10. The first kappa shape index (κ1) is 34.9. The number of fused-ring (bicyclic) bond motifs is 6. The minimum atomic E-state index is -0.431. The SMILES string of the molecule is CC(C)CCC[C@@H](C)[C@H]1CC[C@H]2[C@@H]3CC=C4C[C@@H](OC(=O)COc5cc(O)c6c(=O)cc(-c7ccccc7)oc6c5)CC[C@]4(C)[C@H]3CC[C@]12C. The van der Waals surface area contributed by atoms with Gasteiger partial charge < -0.3 is 19.0 Å². The average molecular weight is 681 g/mol. The molecular weight excluding hydrogens is 624 g/mol. The van der Waals surface area contributed by atoms with Gasteiger partial charge in [0.2, 0.25) is 0 Å². The fourth-order valence-corrected chi connectivity index (χ4v) is 11.2. The third-order valence-corrected chi connectivity index (χ3v) is 13.8. The number of phenolic OH excluding ortho intramolecular Hbond substituents is 1. The van der Waals surface area contributed by atoms with Crippen LogP contribution in [0.25, 0.3) is 22.3 Å². The van der Waals surface area contributed by atoms with E-state index in [0.717, 1.165) is 60.3 Å². The molecule has 0 unspecified atom stereocenters. The van der Waals surface area contributed by atoms with Crippen LogP contribution < -0.4 is 10.2 Å². The van der Waals surface area contributed by atoms with E-state index < -0.39 is 5.97 Å². The molecule has 0 amide bonds. The van der Waals surface area contributed by atoms with Gasteiger partial charge in [-0.3, -0.25) is 4.79 Å². The highest BCUT2D eigenvalue weighted by molar-refractivity contribution is 5.86. The van der Waals surface area contributed by atoms with Crippen molar-refractivity contribution in [3.8, 4) is 22.8 Å². The van der Waals surface area contributed by atoms with Crippen molar-refractivity contribution in [3.63, 3.8) is 0 Å². The molecule has 0 bridgehead atoms. The Morgan fingerprint density at radius 1 is 0.980 bits per heavy atom. The predicted molar refractivity (Wildman–Crippen MR) is 198 cm³/mol. The van der Waals surface area contributed by atoms with Crippen LogP contribution in [0.4, 0.5) is 0 Å². The summed E-state index contributed by atoms with van der Waals surface area (Å²) >= 11 is 0. The predicted octanol–water partition coefficient (Wildman–Crippen LogP) is 10.5. The second-order valence-electron chi connectivity index (χ2n) is 17.1. The van der Waals surface area contributed by atoms with Crippen LogP contribution in [0, 0.1) is 46.3 Å². The number of allylic oxidation sites excluding steroid dienone is 1. The van der Waals surface area contributed by atoms with Gasteiger partial charge >= 0.3 is 5.97 Å². The number of esters is 1. The largest absolute Gasteiger partial charge is 0.507 e. The number of phenols is 1. The zero-order valence-corrected chi connectivity index (χ0v) is 30.7. The highest BCUT2D eigenvalue weighted by Gasteiger charge is 2.59. The molecule has 0 aliphatic heterocycles. The van der Waals surface area contributed by atoms with Crippen LogP contribution in [-0.4, -0.2) is 23.8 Å². The summed E-state index contributed by atoms with van der Waals surface area (Å²) in [6.07, 6.45) is 15.8. The zero-order valence-electron chi connectivity index (χ0n) is 30.7. The second kappa shape index (κ2) is 13.9. The summed E-state index contributed by atoms with van der Waals surface area (Å²) in [4.78, 5) is 25.8. The van der Waals surface area contributed by atoms with Gasteiger partial charge in [0.1, 0.15) is 34.3 Å². The van der Waals surface area contributed by atoms with E-state index in [0.29, 0.717) is 11.2 Å². The molecule has 3 fully saturated rings. The lowest BCUT2D eigenvalue weighted by Crippen LogP contribution is -2.51. The standard InChI is InChI=1S/C44H56O6/c1-27(2)10-9-11-28(3)34-16-17-35-33-15-14-30-22-31(18-20-43(30,4)36(33)19-21-44(34,35)5)49-41(47)26-48-32-23-37(45)42-38(46)25-39(50-40(42)24-32)29-12-7-6-8-13-29/h6-8,12-14,23-25,27-28,31,33-36,45H,9-11,15-22,26H2,1-5H3/t28-,31+,33+,34-,35+,36+,43+,44-/m1/s1. The molecule has 8 atom stereocenters. The first-order chi connectivity index (χ1) is 24.0.